The van der Waals surface area contributed by atoms with E-state index < -0.39 is 11.9 Å². The maximum atomic E-state index is 13.3. The molecule has 0 saturated heterocycles. The minimum atomic E-state index is -1.19. The Hall–Kier alpha value is -4.17. The van der Waals surface area contributed by atoms with Crippen molar-refractivity contribution in [2.24, 2.45) is 0 Å². The molecule has 0 spiro atoms. The van der Waals surface area contributed by atoms with Gasteiger partial charge < -0.3 is 15.2 Å². The quantitative estimate of drug-likeness (QED) is 0.411. The van der Waals surface area contributed by atoms with Crippen molar-refractivity contribution in [2.75, 3.05) is 12.4 Å². The summed E-state index contributed by atoms with van der Waals surface area (Å²) in [5.74, 6) is -0.981. The van der Waals surface area contributed by atoms with Gasteiger partial charge in [0.25, 0.3) is 11.5 Å². The van der Waals surface area contributed by atoms with Crippen LogP contribution < -0.4 is 15.6 Å². The highest BCUT2D eigenvalue weighted by molar-refractivity contribution is 6.34. The first-order valence-electron chi connectivity index (χ1n) is 10.3. The van der Waals surface area contributed by atoms with Crippen LogP contribution in [0.1, 0.15) is 26.3 Å². The number of aromatic carboxylic acids is 1. The van der Waals surface area contributed by atoms with Crippen LogP contribution in [0.5, 0.6) is 5.75 Å². The Balaban J connectivity index is 1.64. The van der Waals surface area contributed by atoms with Crippen LogP contribution in [-0.2, 0) is 13.0 Å². The van der Waals surface area contributed by atoms with E-state index in [1.54, 1.807) is 25.3 Å². The number of carboxylic acid groups (broad SMARTS) is 1. The van der Waals surface area contributed by atoms with E-state index in [-0.39, 0.29) is 27.1 Å². The van der Waals surface area contributed by atoms with Crippen LogP contribution in [0, 0.1) is 0 Å². The smallest absolute Gasteiger partial charge is 0.337 e. The molecule has 34 heavy (non-hydrogen) atoms. The number of nitrogens with zero attached hydrogens (tertiary/aromatic N) is 2. The Morgan fingerprint density at radius 1 is 1.12 bits per heavy atom. The number of nitrogens with one attached hydrogen (secondary N) is 1. The standard InChI is InChI=1S/C25H20ClN3O5/c1-34-21-8-3-2-5-15(21)11-12-29-14-27-19-6-4-7-20(22(19)24(29)31)28-23(30)16-9-10-17(25(32)33)18(26)13-16/h2-10,13-14H,11-12H2,1H3,(H,28,30)(H,32,33). The molecule has 4 rings (SSSR count). The lowest BCUT2D eigenvalue weighted by Crippen LogP contribution is -2.23. The molecule has 0 aliphatic carbocycles. The van der Waals surface area contributed by atoms with Crippen molar-refractivity contribution in [3.63, 3.8) is 0 Å². The number of hydrogen-bond donors (Lipinski definition) is 2. The molecule has 1 heterocycles. The van der Waals surface area contributed by atoms with E-state index in [2.05, 4.69) is 10.3 Å². The molecule has 4 aromatic rings. The third kappa shape index (κ3) is 4.62. The minimum absolute atomic E-state index is 0.0570. The van der Waals surface area contributed by atoms with Crippen molar-refractivity contribution < 1.29 is 19.4 Å². The number of anilines is 1. The summed E-state index contributed by atoms with van der Waals surface area (Å²) in [4.78, 5) is 41.6. The molecule has 0 bridgehead atoms. The molecular weight excluding hydrogens is 458 g/mol. The van der Waals surface area contributed by atoms with Gasteiger partial charge in [-0.15, -0.1) is 0 Å². The first-order chi connectivity index (χ1) is 16.4. The van der Waals surface area contributed by atoms with Crippen LogP contribution in [0.15, 0.2) is 71.8 Å². The average molecular weight is 478 g/mol. The summed E-state index contributed by atoms with van der Waals surface area (Å²) < 4.78 is 6.86. The predicted molar refractivity (Wildman–Crippen MR) is 129 cm³/mol. The summed E-state index contributed by atoms with van der Waals surface area (Å²) in [5.41, 5.74) is 1.45. The fourth-order valence-corrected chi connectivity index (χ4v) is 3.90. The Morgan fingerprint density at radius 3 is 2.65 bits per heavy atom. The van der Waals surface area contributed by atoms with Crippen LogP contribution >= 0.6 is 11.6 Å². The number of carboxylic acids is 1. The number of amides is 1. The number of hydrogen-bond acceptors (Lipinski definition) is 5. The van der Waals surface area contributed by atoms with Gasteiger partial charge in [-0.2, -0.15) is 0 Å². The Bertz CT molecular complexity index is 1460. The number of para-hydroxylation sites is 1. The third-order valence-corrected chi connectivity index (χ3v) is 5.69. The van der Waals surface area contributed by atoms with Crippen molar-refractivity contribution in [3.8, 4) is 5.75 Å². The van der Waals surface area contributed by atoms with Crippen molar-refractivity contribution in [3.05, 3.63) is 99.1 Å². The van der Waals surface area contributed by atoms with Gasteiger partial charge in [0.2, 0.25) is 0 Å². The van der Waals surface area contributed by atoms with Crippen molar-refractivity contribution in [2.45, 2.75) is 13.0 Å². The third-order valence-electron chi connectivity index (χ3n) is 5.38. The van der Waals surface area contributed by atoms with Gasteiger partial charge in [-0.05, 0) is 48.4 Å². The molecular formula is C25H20ClN3O5. The first-order valence-corrected chi connectivity index (χ1v) is 10.7. The molecule has 0 atom stereocenters. The molecule has 1 amide bonds. The average Bonchev–Trinajstić information content (AvgIpc) is 2.83. The van der Waals surface area contributed by atoms with Crippen molar-refractivity contribution >= 4 is 40.1 Å². The lowest BCUT2D eigenvalue weighted by atomic mass is 10.1. The number of carbonyl (C=O) groups excluding carboxylic acids is 1. The molecule has 172 valence electrons. The Morgan fingerprint density at radius 2 is 1.91 bits per heavy atom. The lowest BCUT2D eigenvalue weighted by molar-refractivity contribution is 0.0696. The monoisotopic (exact) mass is 477 g/mol. The van der Waals surface area contributed by atoms with Crippen LogP contribution in [0.4, 0.5) is 5.69 Å². The van der Waals surface area contributed by atoms with E-state index >= 15 is 0 Å². The molecule has 9 heteroatoms. The van der Waals surface area contributed by atoms with Crippen LogP contribution in [0.2, 0.25) is 5.02 Å². The summed E-state index contributed by atoms with van der Waals surface area (Å²) in [6.45, 7) is 0.372. The van der Waals surface area contributed by atoms with E-state index in [9.17, 15) is 14.4 Å². The number of aromatic nitrogens is 2. The molecule has 0 aliphatic heterocycles. The van der Waals surface area contributed by atoms with E-state index in [1.165, 1.54) is 29.1 Å². The molecule has 0 saturated carbocycles. The van der Waals surface area contributed by atoms with Gasteiger partial charge in [-0.25, -0.2) is 9.78 Å². The summed E-state index contributed by atoms with van der Waals surface area (Å²) in [7, 11) is 1.60. The van der Waals surface area contributed by atoms with Gasteiger partial charge in [0.1, 0.15) is 5.75 Å². The molecule has 1 aromatic heterocycles. The summed E-state index contributed by atoms with van der Waals surface area (Å²) in [6, 6.07) is 16.5. The second-order valence-corrected chi connectivity index (χ2v) is 7.87. The van der Waals surface area contributed by atoms with Gasteiger partial charge in [0.15, 0.2) is 0 Å². The number of aryl methyl sites for hydroxylation is 2. The summed E-state index contributed by atoms with van der Waals surface area (Å²) in [6.07, 6.45) is 2.04. The second-order valence-electron chi connectivity index (χ2n) is 7.46. The predicted octanol–water partition coefficient (Wildman–Crippen LogP) is 4.25. The van der Waals surface area contributed by atoms with E-state index in [0.717, 1.165) is 11.3 Å². The fourth-order valence-electron chi connectivity index (χ4n) is 3.64. The maximum absolute atomic E-state index is 13.3. The molecule has 2 N–H and O–H groups in total. The normalized spacial score (nSPS) is 10.8. The lowest BCUT2D eigenvalue weighted by Gasteiger charge is -2.12. The van der Waals surface area contributed by atoms with Crippen LogP contribution in [0.3, 0.4) is 0 Å². The summed E-state index contributed by atoms with van der Waals surface area (Å²) in [5, 5.41) is 12.0. The molecule has 0 fully saturated rings. The number of methoxy groups -OCH3 is 1. The van der Waals surface area contributed by atoms with E-state index in [0.29, 0.717) is 24.2 Å². The first kappa shape index (κ1) is 23.0. The van der Waals surface area contributed by atoms with Crippen molar-refractivity contribution in [1.29, 1.82) is 0 Å². The number of ether oxygens (including phenoxy) is 1. The topological polar surface area (TPSA) is 111 Å². The molecule has 0 radical (unpaired) electrons. The summed E-state index contributed by atoms with van der Waals surface area (Å²) >= 11 is 5.99. The largest absolute Gasteiger partial charge is 0.496 e. The minimum Gasteiger partial charge on any atom is -0.496 e. The SMILES string of the molecule is COc1ccccc1CCn1cnc2cccc(NC(=O)c3ccc(C(=O)O)c(Cl)c3)c2c1=O. The number of rotatable bonds is 7. The van der Waals surface area contributed by atoms with Gasteiger partial charge in [-0.1, -0.05) is 35.9 Å². The zero-order valence-corrected chi connectivity index (χ0v) is 18.9. The van der Waals surface area contributed by atoms with E-state index in [1.807, 2.05) is 24.3 Å². The zero-order valence-electron chi connectivity index (χ0n) is 18.1. The number of benzene rings is 3. The van der Waals surface area contributed by atoms with Crippen LogP contribution in [-0.4, -0.2) is 33.6 Å². The number of halogens is 1. The Kier molecular flexibility index (Phi) is 6.60. The highest BCUT2D eigenvalue weighted by Crippen LogP contribution is 2.22. The Labute approximate surface area is 199 Å². The van der Waals surface area contributed by atoms with Gasteiger partial charge in [-0.3, -0.25) is 14.2 Å². The van der Waals surface area contributed by atoms with Gasteiger partial charge in [0.05, 0.1) is 40.6 Å². The van der Waals surface area contributed by atoms with Gasteiger partial charge >= 0.3 is 5.97 Å². The molecule has 3 aromatic carbocycles. The number of carbonyl (C=O) groups is 2. The fraction of sp³-hybridized carbons (Fsp3) is 0.120. The zero-order chi connectivity index (χ0) is 24.2. The van der Waals surface area contributed by atoms with Gasteiger partial charge in [0, 0.05) is 12.1 Å². The van der Waals surface area contributed by atoms with Crippen LogP contribution in [0.25, 0.3) is 10.9 Å². The molecule has 0 aliphatic rings. The molecule has 8 nitrogen and oxygen atoms in total. The maximum Gasteiger partial charge on any atom is 0.337 e. The highest BCUT2D eigenvalue weighted by Gasteiger charge is 2.16. The molecule has 0 unspecified atom stereocenters. The second kappa shape index (κ2) is 9.76. The number of fused-ring (bicyclic) bond motifs is 1. The van der Waals surface area contributed by atoms with E-state index in [4.69, 9.17) is 21.4 Å². The van der Waals surface area contributed by atoms with Crippen molar-refractivity contribution in [1.82, 2.24) is 9.55 Å². The highest BCUT2D eigenvalue weighted by atomic mass is 35.5.